The van der Waals surface area contributed by atoms with Crippen molar-refractivity contribution in [2.75, 3.05) is 26.2 Å². The van der Waals surface area contributed by atoms with Crippen LogP contribution in [0.3, 0.4) is 0 Å². The molecule has 0 aliphatic carbocycles. The summed E-state index contributed by atoms with van der Waals surface area (Å²) < 4.78 is 5.96. The summed E-state index contributed by atoms with van der Waals surface area (Å²) in [6, 6.07) is 0.147. The van der Waals surface area contributed by atoms with E-state index in [9.17, 15) is 0 Å². The number of rotatable bonds is 8. The van der Waals surface area contributed by atoms with Crippen LogP contribution in [0.15, 0.2) is 5.16 Å². The first-order chi connectivity index (χ1) is 9.06. The minimum Gasteiger partial charge on any atom is -0.470 e. The maximum atomic E-state index is 5.96. The Morgan fingerprint density at radius 3 is 2.74 bits per heavy atom. The number of ether oxygens (including phenoxy) is 1. The Balaban J connectivity index is 2.46. The van der Waals surface area contributed by atoms with Crippen LogP contribution in [0.2, 0.25) is 0 Å². The molecule has 1 rings (SSSR count). The van der Waals surface area contributed by atoms with Gasteiger partial charge in [0, 0.05) is 18.5 Å². The van der Waals surface area contributed by atoms with Gasteiger partial charge in [0.2, 0.25) is 5.90 Å². The van der Waals surface area contributed by atoms with Gasteiger partial charge in [-0.25, -0.2) is 0 Å². The zero-order valence-corrected chi connectivity index (χ0v) is 12.8. The highest BCUT2D eigenvalue weighted by Crippen LogP contribution is 2.15. The van der Waals surface area contributed by atoms with Gasteiger partial charge in [0.25, 0.3) is 0 Å². The molecule has 1 aliphatic heterocycles. The molecule has 1 aliphatic rings. The van der Waals surface area contributed by atoms with E-state index in [1.807, 2.05) is 6.92 Å². The first kappa shape index (κ1) is 16.2. The van der Waals surface area contributed by atoms with E-state index < -0.39 is 0 Å². The topological polar surface area (TPSA) is 60.1 Å². The lowest BCUT2D eigenvalue weighted by molar-refractivity contribution is -0.0123. The molecule has 0 bridgehead atoms. The van der Waals surface area contributed by atoms with Crippen molar-refractivity contribution in [3.05, 3.63) is 0 Å². The molecule has 1 heterocycles. The number of oxime groups is 1. The second kappa shape index (κ2) is 8.38. The van der Waals surface area contributed by atoms with Gasteiger partial charge in [-0.1, -0.05) is 25.9 Å². The van der Waals surface area contributed by atoms with Crippen LogP contribution in [-0.2, 0) is 9.57 Å². The van der Waals surface area contributed by atoms with Crippen LogP contribution in [-0.4, -0.2) is 49.2 Å². The van der Waals surface area contributed by atoms with Gasteiger partial charge >= 0.3 is 0 Å². The first-order valence-corrected chi connectivity index (χ1v) is 7.41. The van der Waals surface area contributed by atoms with Crippen LogP contribution >= 0.6 is 0 Å². The van der Waals surface area contributed by atoms with E-state index in [2.05, 4.69) is 30.8 Å². The summed E-state index contributed by atoms with van der Waals surface area (Å²) in [6.45, 7) is 12.0. The average Bonchev–Trinajstić information content (AvgIpc) is 2.37. The highest BCUT2D eigenvalue weighted by atomic mass is 16.7. The molecular weight excluding hydrogens is 242 g/mol. The maximum absolute atomic E-state index is 5.96. The molecule has 0 saturated heterocycles. The number of nitrogens with two attached hydrogens (primary N) is 1. The maximum Gasteiger partial charge on any atom is 0.229 e. The molecule has 0 aromatic carbocycles. The lowest BCUT2D eigenvalue weighted by Crippen LogP contribution is -2.41. The molecule has 0 fully saturated rings. The lowest BCUT2D eigenvalue weighted by Gasteiger charge is -2.30. The molecule has 2 N–H and O–H groups in total. The van der Waals surface area contributed by atoms with Crippen molar-refractivity contribution in [2.24, 2.45) is 16.8 Å². The summed E-state index contributed by atoms with van der Waals surface area (Å²) >= 11 is 0. The minimum atomic E-state index is 0.0783. The van der Waals surface area contributed by atoms with Gasteiger partial charge in [-0.05, 0) is 32.9 Å². The van der Waals surface area contributed by atoms with Crippen molar-refractivity contribution in [1.82, 2.24) is 4.90 Å². The standard InChI is InChI=1S/C14H29N3O2/c1-5-7-17(6-2)9-13-10-18-16-14(19-13)11(3)8-12(4)15/h11-13H,5-10,15H2,1-4H3. The summed E-state index contributed by atoms with van der Waals surface area (Å²) in [5.74, 6) is 0.908. The fourth-order valence-electron chi connectivity index (χ4n) is 2.35. The second-order valence-corrected chi connectivity index (χ2v) is 5.47. The van der Waals surface area contributed by atoms with E-state index in [0.29, 0.717) is 12.5 Å². The van der Waals surface area contributed by atoms with E-state index in [0.717, 1.165) is 32.5 Å². The van der Waals surface area contributed by atoms with Crippen LogP contribution in [0.4, 0.5) is 0 Å². The first-order valence-electron chi connectivity index (χ1n) is 7.41. The summed E-state index contributed by atoms with van der Waals surface area (Å²) in [4.78, 5) is 7.70. The zero-order chi connectivity index (χ0) is 14.3. The van der Waals surface area contributed by atoms with Crippen LogP contribution in [0.1, 0.15) is 40.5 Å². The molecule has 5 nitrogen and oxygen atoms in total. The summed E-state index contributed by atoms with van der Waals surface area (Å²) in [5.41, 5.74) is 5.82. The highest BCUT2D eigenvalue weighted by Gasteiger charge is 2.25. The normalized spacial score (nSPS) is 22.4. The van der Waals surface area contributed by atoms with Gasteiger partial charge in [0.05, 0.1) is 0 Å². The third kappa shape index (κ3) is 5.78. The minimum absolute atomic E-state index is 0.0783. The second-order valence-electron chi connectivity index (χ2n) is 5.47. The SMILES string of the molecule is CCCN(CC)CC1CON=C(C(C)CC(C)N)O1. The number of nitrogens with zero attached hydrogens (tertiary/aromatic N) is 2. The van der Waals surface area contributed by atoms with Crippen LogP contribution < -0.4 is 5.73 Å². The summed E-state index contributed by atoms with van der Waals surface area (Å²) in [6.07, 6.45) is 2.10. The third-order valence-electron chi connectivity index (χ3n) is 3.30. The van der Waals surface area contributed by atoms with Gasteiger partial charge in [0.1, 0.15) is 6.10 Å². The largest absolute Gasteiger partial charge is 0.470 e. The summed E-state index contributed by atoms with van der Waals surface area (Å²) in [5, 5.41) is 4.03. The molecule has 19 heavy (non-hydrogen) atoms. The Bertz CT molecular complexity index is 282. The Morgan fingerprint density at radius 1 is 1.42 bits per heavy atom. The average molecular weight is 271 g/mol. The number of likely N-dealkylation sites (N-methyl/N-ethyl adjacent to an activating group) is 1. The van der Waals surface area contributed by atoms with Crippen molar-refractivity contribution in [2.45, 2.75) is 52.7 Å². The quantitative estimate of drug-likeness (QED) is 0.731. The molecule has 5 heteroatoms. The molecule has 0 saturated carbocycles. The molecule has 0 aromatic heterocycles. The summed E-state index contributed by atoms with van der Waals surface area (Å²) in [7, 11) is 0. The molecular formula is C14H29N3O2. The number of hydrogen-bond acceptors (Lipinski definition) is 5. The van der Waals surface area contributed by atoms with Crippen molar-refractivity contribution in [1.29, 1.82) is 0 Å². The van der Waals surface area contributed by atoms with Gasteiger partial charge in [0.15, 0.2) is 6.61 Å². The van der Waals surface area contributed by atoms with E-state index in [1.54, 1.807) is 0 Å². The van der Waals surface area contributed by atoms with Crippen molar-refractivity contribution >= 4 is 5.90 Å². The Hall–Kier alpha value is -0.810. The van der Waals surface area contributed by atoms with Gasteiger partial charge < -0.3 is 15.3 Å². The molecule has 0 aromatic rings. The predicted molar refractivity (Wildman–Crippen MR) is 78.1 cm³/mol. The molecule has 3 atom stereocenters. The molecule has 0 amide bonds. The highest BCUT2D eigenvalue weighted by molar-refractivity contribution is 5.78. The monoisotopic (exact) mass is 271 g/mol. The Kier molecular flexibility index (Phi) is 7.16. The van der Waals surface area contributed by atoms with Crippen molar-refractivity contribution < 1.29 is 9.57 Å². The van der Waals surface area contributed by atoms with Gasteiger partial charge in [-0.2, -0.15) is 0 Å². The smallest absolute Gasteiger partial charge is 0.229 e. The van der Waals surface area contributed by atoms with E-state index in [-0.39, 0.29) is 18.1 Å². The molecule has 0 radical (unpaired) electrons. The third-order valence-corrected chi connectivity index (χ3v) is 3.30. The fourth-order valence-corrected chi connectivity index (χ4v) is 2.35. The van der Waals surface area contributed by atoms with Crippen molar-refractivity contribution in [3.8, 4) is 0 Å². The van der Waals surface area contributed by atoms with E-state index in [1.165, 1.54) is 0 Å². The van der Waals surface area contributed by atoms with E-state index >= 15 is 0 Å². The number of hydrogen-bond donors (Lipinski definition) is 1. The fraction of sp³-hybridized carbons (Fsp3) is 0.929. The van der Waals surface area contributed by atoms with E-state index in [4.69, 9.17) is 15.3 Å². The Labute approximate surface area is 117 Å². The molecule has 112 valence electrons. The lowest BCUT2D eigenvalue weighted by atomic mass is 10.0. The van der Waals surface area contributed by atoms with Crippen LogP contribution in [0.5, 0.6) is 0 Å². The zero-order valence-electron chi connectivity index (χ0n) is 12.8. The van der Waals surface area contributed by atoms with Crippen LogP contribution in [0, 0.1) is 5.92 Å². The Morgan fingerprint density at radius 2 is 2.16 bits per heavy atom. The predicted octanol–water partition coefficient (Wildman–Crippen LogP) is 1.82. The molecule has 3 unspecified atom stereocenters. The van der Waals surface area contributed by atoms with Crippen molar-refractivity contribution in [3.63, 3.8) is 0 Å². The molecule has 0 spiro atoms. The van der Waals surface area contributed by atoms with Gasteiger partial charge in [-0.3, -0.25) is 4.90 Å². The van der Waals surface area contributed by atoms with Gasteiger partial charge in [-0.15, -0.1) is 0 Å². The van der Waals surface area contributed by atoms with Crippen LogP contribution in [0.25, 0.3) is 0 Å².